The van der Waals surface area contributed by atoms with E-state index in [9.17, 15) is 9.90 Å². The monoisotopic (exact) mass is 469 g/mol. The van der Waals surface area contributed by atoms with Gasteiger partial charge >= 0.3 is 5.97 Å². The van der Waals surface area contributed by atoms with Crippen LogP contribution in [0.5, 0.6) is 0 Å². The molecule has 3 N–H and O–H groups in total. The second kappa shape index (κ2) is 10.0. The Morgan fingerprint density at radius 2 is 1.69 bits per heavy atom. The lowest BCUT2D eigenvalue weighted by atomic mass is 10.1. The van der Waals surface area contributed by atoms with Gasteiger partial charge in [0.2, 0.25) is 17.8 Å². The Kier molecular flexibility index (Phi) is 6.33. The van der Waals surface area contributed by atoms with Crippen molar-refractivity contribution in [3.8, 4) is 11.3 Å². The Labute approximate surface area is 201 Å². The van der Waals surface area contributed by atoms with Gasteiger partial charge in [-0.1, -0.05) is 36.4 Å². The summed E-state index contributed by atoms with van der Waals surface area (Å²) in [5, 5.41) is 16.8. The molecule has 1 aliphatic heterocycles. The normalized spacial score (nSPS) is 13.3. The van der Waals surface area contributed by atoms with E-state index in [1.165, 1.54) is 12.3 Å². The second-order valence-electron chi connectivity index (χ2n) is 7.89. The maximum Gasteiger partial charge on any atom is 0.336 e. The number of anilines is 4. The highest BCUT2D eigenvalue weighted by Gasteiger charge is 2.18. The van der Waals surface area contributed by atoms with Gasteiger partial charge in [-0.3, -0.25) is 0 Å². The highest BCUT2D eigenvalue weighted by atomic mass is 16.4. The highest BCUT2D eigenvalue weighted by molar-refractivity contribution is 5.95. The van der Waals surface area contributed by atoms with Crippen LogP contribution in [0.2, 0.25) is 0 Å². The summed E-state index contributed by atoms with van der Waals surface area (Å²) in [4.78, 5) is 27.1. The Balaban J connectivity index is 1.34. The first-order valence-corrected chi connectivity index (χ1v) is 11.2. The lowest BCUT2D eigenvalue weighted by Gasteiger charge is -2.16. The number of nitrogens with one attached hydrogen (secondary N) is 2. The molecule has 0 saturated carbocycles. The van der Waals surface area contributed by atoms with Gasteiger partial charge in [-0.2, -0.15) is 20.1 Å². The van der Waals surface area contributed by atoms with Crippen molar-refractivity contribution in [3.63, 3.8) is 0 Å². The Hall–Kier alpha value is -4.73. The van der Waals surface area contributed by atoms with Gasteiger partial charge in [0.1, 0.15) is 11.5 Å². The summed E-state index contributed by atoms with van der Waals surface area (Å²) in [7, 11) is 0. The molecule has 0 spiro atoms. The summed E-state index contributed by atoms with van der Waals surface area (Å²) in [5.74, 6) is 1.16. The summed E-state index contributed by atoms with van der Waals surface area (Å²) in [6.45, 7) is 1.79. The predicted octanol–water partition coefficient (Wildman–Crippen LogP) is 4.62. The topological polar surface area (TPSA) is 129 Å². The predicted molar refractivity (Wildman–Crippen MR) is 133 cm³/mol. The molecule has 1 aliphatic rings. The molecular weight excluding hydrogens is 446 g/mol. The van der Waals surface area contributed by atoms with Gasteiger partial charge in [0.05, 0.1) is 11.8 Å². The zero-order valence-electron chi connectivity index (χ0n) is 18.8. The number of hydrogen-bond donors (Lipinski definition) is 3. The average Bonchev–Trinajstić information content (AvgIpc) is 3.57. The smallest absolute Gasteiger partial charge is 0.336 e. The molecule has 1 fully saturated rings. The van der Waals surface area contributed by atoms with Crippen LogP contribution in [-0.4, -0.2) is 45.3 Å². The zero-order chi connectivity index (χ0) is 24.0. The van der Waals surface area contributed by atoms with E-state index in [1.54, 1.807) is 30.3 Å². The molecule has 0 aliphatic carbocycles. The van der Waals surface area contributed by atoms with E-state index in [0.717, 1.165) is 31.6 Å². The van der Waals surface area contributed by atoms with Crippen molar-refractivity contribution in [3.05, 3.63) is 78.1 Å². The first-order valence-electron chi connectivity index (χ1n) is 11.2. The van der Waals surface area contributed by atoms with E-state index in [1.807, 2.05) is 30.3 Å². The number of aromatic carboxylic acids is 1. The fraction of sp³-hybridized carbons (Fsp3) is 0.160. The maximum atomic E-state index is 11.5. The molecule has 0 unspecified atom stereocenters. The number of para-hydroxylation sites is 1. The van der Waals surface area contributed by atoms with E-state index in [0.29, 0.717) is 34.9 Å². The molecule has 176 valence electrons. The standard InChI is InChI=1S/C25H23N7O3/c33-22(34)20-11-5-4-10-19(20)21-13-12-18(35-21)16-26-31-24-28-23(27-17-8-2-1-3-9-17)29-25(30-24)32-14-6-7-15-32/h1-5,8-13,16H,6-7,14-15H2,(H,33,34)(H2,27,28,29,30,31)/b26-16+. The minimum Gasteiger partial charge on any atom is -0.478 e. The number of carboxylic acids is 1. The first-order chi connectivity index (χ1) is 17.2. The van der Waals surface area contributed by atoms with Crippen LogP contribution in [0.4, 0.5) is 23.5 Å². The summed E-state index contributed by atoms with van der Waals surface area (Å²) in [6, 6.07) is 19.8. The molecule has 4 aromatic rings. The molecule has 5 rings (SSSR count). The van der Waals surface area contributed by atoms with Gasteiger partial charge in [-0.15, -0.1) is 0 Å². The van der Waals surface area contributed by atoms with Crippen LogP contribution < -0.4 is 15.6 Å². The molecule has 35 heavy (non-hydrogen) atoms. The van der Waals surface area contributed by atoms with Gasteiger partial charge < -0.3 is 19.7 Å². The van der Waals surface area contributed by atoms with Crippen LogP contribution in [0.1, 0.15) is 29.0 Å². The largest absolute Gasteiger partial charge is 0.478 e. The average molecular weight is 470 g/mol. The Morgan fingerprint density at radius 3 is 2.49 bits per heavy atom. The third-order valence-electron chi connectivity index (χ3n) is 5.45. The van der Waals surface area contributed by atoms with Crippen molar-refractivity contribution >= 4 is 35.7 Å². The van der Waals surface area contributed by atoms with Crippen LogP contribution in [0.3, 0.4) is 0 Å². The van der Waals surface area contributed by atoms with Crippen molar-refractivity contribution in [2.75, 3.05) is 28.7 Å². The lowest BCUT2D eigenvalue weighted by Crippen LogP contribution is -2.21. The van der Waals surface area contributed by atoms with Gasteiger partial charge in [0, 0.05) is 24.3 Å². The lowest BCUT2D eigenvalue weighted by molar-refractivity contribution is 0.0697. The summed E-state index contributed by atoms with van der Waals surface area (Å²) >= 11 is 0. The number of hydrazone groups is 1. The minimum absolute atomic E-state index is 0.168. The number of hydrogen-bond acceptors (Lipinski definition) is 9. The van der Waals surface area contributed by atoms with E-state index < -0.39 is 5.97 Å². The van der Waals surface area contributed by atoms with Crippen LogP contribution >= 0.6 is 0 Å². The number of carboxylic acid groups (broad SMARTS) is 1. The van der Waals surface area contributed by atoms with Crippen molar-refractivity contribution in [2.24, 2.45) is 5.10 Å². The molecule has 0 bridgehead atoms. The van der Waals surface area contributed by atoms with Gasteiger partial charge in [0.15, 0.2) is 0 Å². The molecule has 0 amide bonds. The van der Waals surface area contributed by atoms with Crippen LogP contribution in [0.15, 0.2) is 76.2 Å². The number of nitrogens with zero attached hydrogens (tertiary/aromatic N) is 5. The molecule has 1 saturated heterocycles. The zero-order valence-corrected chi connectivity index (χ0v) is 18.8. The number of carbonyl (C=O) groups is 1. The number of rotatable bonds is 8. The summed E-state index contributed by atoms with van der Waals surface area (Å²) in [5.41, 5.74) is 4.38. The van der Waals surface area contributed by atoms with Gasteiger partial charge in [-0.25, -0.2) is 10.2 Å². The second-order valence-corrected chi connectivity index (χ2v) is 7.89. The highest BCUT2D eigenvalue weighted by Crippen LogP contribution is 2.26. The summed E-state index contributed by atoms with van der Waals surface area (Å²) < 4.78 is 5.78. The minimum atomic E-state index is -1.02. The molecule has 2 aromatic heterocycles. The number of furan rings is 1. The molecule has 0 radical (unpaired) electrons. The van der Waals surface area contributed by atoms with Crippen LogP contribution in [0, 0.1) is 0 Å². The SMILES string of the molecule is O=C(O)c1ccccc1-c1ccc(/C=N/Nc2nc(Nc3ccccc3)nc(N3CCCC3)n2)o1. The van der Waals surface area contributed by atoms with Crippen LogP contribution in [-0.2, 0) is 0 Å². The van der Waals surface area contributed by atoms with E-state index >= 15 is 0 Å². The molecular formula is C25H23N7O3. The van der Waals surface area contributed by atoms with E-state index in [2.05, 4.69) is 35.7 Å². The molecule has 10 nitrogen and oxygen atoms in total. The first kappa shape index (κ1) is 22.1. The van der Waals surface area contributed by atoms with Crippen molar-refractivity contribution < 1.29 is 14.3 Å². The fourth-order valence-corrected chi connectivity index (χ4v) is 3.78. The fourth-order valence-electron chi connectivity index (χ4n) is 3.78. The quantitative estimate of drug-likeness (QED) is 0.250. The molecule has 10 heteroatoms. The molecule has 2 aromatic carbocycles. The Morgan fingerprint density at radius 1 is 0.943 bits per heavy atom. The number of aromatic nitrogens is 3. The van der Waals surface area contributed by atoms with Crippen LogP contribution in [0.25, 0.3) is 11.3 Å². The molecule has 3 heterocycles. The summed E-state index contributed by atoms with van der Waals surface area (Å²) in [6.07, 6.45) is 3.68. The van der Waals surface area contributed by atoms with Crippen molar-refractivity contribution in [1.29, 1.82) is 0 Å². The maximum absolute atomic E-state index is 11.5. The van der Waals surface area contributed by atoms with E-state index in [4.69, 9.17) is 4.42 Å². The molecule has 0 atom stereocenters. The van der Waals surface area contributed by atoms with Crippen molar-refractivity contribution in [2.45, 2.75) is 12.8 Å². The van der Waals surface area contributed by atoms with Gasteiger partial charge in [-0.05, 0) is 43.2 Å². The van der Waals surface area contributed by atoms with E-state index in [-0.39, 0.29) is 5.56 Å². The van der Waals surface area contributed by atoms with Crippen molar-refractivity contribution in [1.82, 2.24) is 15.0 Å². The van der Waals surface area contributed by atoms with Gasteiger partial charge in [0.25, 0.3) is 0 Å². The third kappa shape index (κ3) is 5.27. The number of benzene rings is 2. The third-order valence-corrected chi connectivity index (χ3v) is 5.45. The Bertz CT molecular complexity index is 1350.